The first-order valence-electron chi connectivity index (χ1n) is 7.36. The quantitative estimate of drug-likeness (QED) is 0.905. The van der Waals surface area contributed by atoms with Crippen molar-refractivity contribution < 1.29 is 22.7 Å². The Labute approximate surface area is 137 Å². The Morgan fingerprint density at radius 3 is 2.61 bits per heavy atom. The maximum absolute atomic E-state index is 12.8. The summed E-state index contributed by atoms with van der Waals surface area (Å²) in [5.41, 5.74) is -1.07. The molecule has 1 amide bonds. The lowest BCUT2D eigenvalue weighted by Crippen LogP contribution is -2.43. The van der Waals surface area contributed by atoms with Crippen LogP contribution in [0.15, 0.2) is 0 Å². The summed E-state index contributed by atoms with van der Waals surface area (Å²) in [5.74, 6) is -0.427. The highest BCUT2D eigenvalue weighted by Crippen LogP contribution is 2.36. The lowest BCUT2D eigenvalue weighted by molar-refractivity contribution is -0.142. The molecule has 0 bridgehead atoms. The Bertz CT molecular complexity index is 583. The van der Waals surface area contributed by atoms with Crippen LogP contribution >= 0.6 is 11.6 Å². The summed E-state index contributed by atoms with van der Waals surface area (Å²) in [6.45, 7) is 5.35. The molecule has 1 aliphatic rings. The van der Waals surface area contributed by atoms with Gasteiger partial charge >= 0.3 is 6.18 Å². The highest BCUT2D eigenvalue weighted by Gasteiger charge is 2.39. The maximum Gasteiger partial charge on any atom is 0.436 e. The van der Waals surface area contributed by atoms with Crippen LogP contribution in [0.4, 0.5) is 13.2 Å². The second-order valence-electron chi connectivity index (χ2n) is 5.72. The fourth-order valence-corrected chi connectivity index (χ4v) is 2.83. The van der Waals surface area contributed by atoms with Gasteiger partial charge in [-0.15, -0.1) is 0 Å². The third-order valence-electron chi connectivity index (χ3n) is 3.98. The van der Waals surface area contributed by atoms with Gasteiger partial charge in [-0.1, -0.05) is 11.6 Å². The second kappa shape index (κ2) is 6.68. The van der Waals surface area contributed by atoms with Gasteiger partial charge in [0, 0.05) is 6.61 Å². The first kappa shape index (κ1) is 18.1. The monoisotopic (exact) mass is 353 g/mol. The lowest BCUT2D eigenvalue weighted by Gasteiger charge is -2.22. The zero-order chi connectivity index (χ0) is 17.4. The molecule has 9 heteroatoms. The Kier molecular flexibility index (Phi) is 5.25. The molecular formula is C14H19ClF3N3O2. The third kappa shape index (κ3) is 3.80. The minimum Gasteiger partial charge on any atom is -0.376 e. The Balaban J connectivity index is 2.13. The SMILES string of the molecule is Cc1c(Cl)c(C(F)(F)F)nn1[C@H](C)C(=O)N[C@H](C)[C@@H]1CCCO1. The second-order valence-corrected chi connectivity index (χ2v) is 6.09. The van der Waals surface area contributed by atoms with Crippen molar-refractivity contribution in [3.05, 3.63) is 16.4 Å². The van der Waals surface area contributed by atoms with E-state index in [0.717, 1.165) is 17.5 Å². The van der Waals surface area contributed by atoms with E-state index in [4.69, 9.17) is 16.3 Å². The third-order valence-corrected chi connectivity index (χ3v) is 4.44. The van der Waals surface area contributed by atoms with Gasteiger partial charge in [0.15, 0.2) is 5.69 Å². The van der Waals surface area contributed by atoms with Gasteiger partial charge < -0.3 is 10.1 Å². The number of aromatic nitrogens is 2. The predicted octanol–water partition coefficient (Wildman–Crippen LogP) is 3.11. The van der Waals surface area contributed by atoms with E-state index >= 15 is 0 Å². The number of hydrogen-bond donors (Lipinski definition) is 1. The number of ether oxygens (including phenoxy) is 1. The van der Waals surface area contributed by atoms with Crippen molar-refractivity contribution in [2.75, 3.05) is 6.61 Å². The zero-order valence-corrected chi connectivity index (χ0v) is 13.8. The molecule has 1 aromatic heterocycles. The van der Waals surface area contributed by atoms with Crippen molar-refractivity contribution in [1.29, 1.82) is 0 Å². The van der Waals surface area contributed by atoms with Gasteiger partial charge in [-0.05, 0) is 33.6 Å². The van der Waals surface area contributed by atoms with Crippen molar-refractivity contribution >= 4 is 17.5 Å². The number of nitrogens with one attached hydrogen (secondary N) is 1. The summed E-state index contributed by atoms with van der Waals surface area (Å²) in [6, 6.07) is -1.13. The molecule has 0 aliphatic carbocycles. The molecule has 1 saturated heterocycles. The van der Waals surface area contributed by atoms with Crippen LogP contribution < -0.4 is 5.32 Å². The fourth-order valence-electron chi connectivity index (χ4n) is 2.60. The van der Waals surface area contributed by atoms with Gasteiger partial charge in [0.1, 0.15) is 6.04 Å². The molecule has 0 unspecified atom stereocenters. The van der Waals surface area contributed by atoms with Crippen LogP contribution in [-0.2, 0) is 15.7 Å². The van der Waals surface area contributed by atoms with E-state index in [-0.39, 0.29) is 17.8 Å². The smallest absolute Gasteiger partial charge is 0.376 e. The van der Waals surface area contributed by atoms with E-state index in [1.807, 2.05) is 6.92 Å². The molecule has 130 valence electrons. The molecule has 23 heavy (non-hydrogen) atoms. The summed E-state index contributed by atoms with van der Waals surface area (Å²) >= 11 is 5.70. The van der Waals surface area contributed by atoms with Crippen molar-refractivity contribution in [3.8, 4) is 0 Å². The van der Waals surface area contributed by atoms with Gasteiger partial charge in [-0.3, -0.25) is 9.48 Å². The van der Waals surface area contributed by atoms with E-state index in [1.54, 1.807) is 0 Å². The number of amides is 1. The average molecular weight is 354 g/mol. The Morgan fingerprint density at radius 2 is 2.13 bits per heavy atom. The molecule has 1 aliphatic heterocycles. The molecule has 1 N–H and O–H groups in total. The van der Waals surface area contributed by atoms with Gasteiger partial charge in [0.2, 0.25) is 5.91 Å². The minimum atomic E-state index is -4.66. The van der Waals surface area contributed by atoms with Gasteiger partial charge in [-0.25, -0.2) is 0 Å². The van der Waals surface area contributed by atoms with E-state index in [9.17, 15) is 18.0 Å². The first-order chi connectivity index (χ1) is 10.6. The number of hydrogen-bond acceptors (Lipinski definition) is 3. The summed E-state index contributed by atoms with van der Waals surface area (Å²) in [7, 11) is 0. The largest absolute Gasteiger partial charge is 0.436 e. The Morgan fingerprint density at radius 1 is 1.48 bits per heavy atom. The van der Waals surface area contributed by atoms with Crippen LogP contribution in [0.2, 0.25) is 5.02 Å². The molecule has 1 aromatic rings. The summed E-state index contributed by atoms with van der Waals surface area (Å²) < 4.78 is 45.0. The van der Waals surface area contributed by atoms with Crippen molar-refractivity contribution in [2.45, 2.75) is 58.0 Å². The van der Waals surface area contributed by atoms with Crippen molar-refractivity contribution in [2.24, 2.45) is 0 Å². The van der Waals surface area contributed by atoms with Gasteiger partial charge in [-0.2, -0.15) is 18.3 Å². The molecule has 1 fully saturated rings. The summed E-state index contributed by atoms with van der Waals surface area (Å²) in [4.78, 5) is 12.3. The molecular weight excluding hydrogens is 335 g/mol. The molecule has 5 nitrogen and oxygen atoms in total. The molecule has 0 saturated carbocycles. The lowest BCUT2D eigenvalue weighted by atomic mass is 10.1. The van der Waals surface area contributed by atoms with Crippen LogP contribution in [0.1, 0.15) is 44.1 Å². The topological polar surface area (TPSA) is 56.2 Å². The van der Waals surface area contributed by atoms with Crippen LogP contribution in [0.25, 0.3) is 0 Å². The van der Waals surface area contributed by atoms with E-state index in [1.165, 1.54) is 13.8 Å². The van der Waals surface area contributed by atoms with E-state index in [2.05, 4.69) is 10.4 Å². The van der Waals surface area contributed by atoms with Gasteiger partial charge in [0.25, 0.3) is 0 Å². The molecule has 0 spiro atoms. The van der Waals surface area contributed by atoms with Gasteiger partial charge in [0.05, 0.1) is 22.9 Å². The standard InChI is InChI=1S/C14H19ClF3N3O2/c1-7(10-5-4-6-23-10)19-13(22)9(3)21-8(2)11(15)12(20-21)14(16,17)18/h7,9-10H,4-6H2,1-3H3,(H,19,22)/t7-,9-,10+/m1/s1. The van der Waals surface area contributed by atoms with Crippen LogP contribution in [-0.4, -0.2) is 34.4 Å². The number of carbonyl (C=O) groups is 1. The van der Waals surface area contributed by atoms with Crippen LogP contribution in [0.3, 0.4) is 0 Å². The molecule has 0 aromatic carbocycles. The van der Waals surface area contributed by atoms with E-state index in [0.29, 0.717) is 6.61 Å². The predicted molar refractivity (Wildman–Crippen MR) is 78.3 cm³/mol. The first-order valence-corrected chi connectivity index (χ1v) is 7.74. The number of rotatable bonds is 4. The Hall–Kier alpha value is -1.28. The number of halogens is 4. The minimum absolute atomic E-state index is 0.0702. The highest BCUT2D eigenvalue weighted by atomic mass is 35.5. The van der Waals surface area contributed by atoms with Crippen LogP contribution in [0.5, 0.6) is 0 Å². The van der Waals surface area contributed by atoms with Crippen molar-refractivity contribution in [1.82, 2.24) is 15.1 Å². The fraction of sp³-hybridized carbons (Fsp3) is 0.714. The normalized spacial score (nSPS) is 21.3. The number of nitrogens with zero attached hydrogens (tertiary/aromatic N) is 2. The molecule has 3 atom stereocenters. The summed E-state index contributed by atoms with van der Waals surface area (Å²) in [6.07, 6.45) is -2.95. The average Bonchev–Trinajstić information content (AvgIpc) is 3.07. The van der Waals surface area contributed by atoms with E-state index < -0.39 is 28.8 Å². The zero-order valence-electron chi connectivity index (χ0n) is 13.1. The maximum atomic E-state index is 12.8. The molecule has 2 heterocycles. The number of carbonyl (C=O) groups excluding carboxylic acids is 1. The molecule has 2 rings (SSSR count). The highest BCUT2D eigenvalue weighted by molar-refractivity contribution is 6.32. The summed E-state index contributed by atoms with van der Waals surface area (Å²) in [5, 5.41) is 5.76. The van der Waals surface area contributed by atoms with Crippen LogP contribution in [0, 0.1) is 6.92 Å². The van der Waals surface area contributed by atoms with Crippen molar-refractivity contribution in [3.63, 3.8) is 0 Å². The number of alkyl halides is 3. The molecule has 0 radical (unpaired) electrons.